The topological polar surface area (TPSA) is 109 Å². The SMILES string of the molecule is O=C(CN1CC[C@H]2NC(=O)[C@@H](Cc3ccccc3)NC(=O)C3(CC=CC[C@H]2C1)CCOCC3)Nc1ccc(OC(F)F)cc1. The average molecular weight is 611 g/mol. The molecule has 3 amide bonds. The molecule has 2 saturated heterocycles. The smallest absolute Gasteiger partial charge is 0.387 e. The molecular weight excluding hydrogens is 570 g/mol. The van der Waals surface area contributed by atoms with Crippen LogP contribution in [0.5, 0.6) is 5.75 Å². The van der Waals surface area contributed by atoms with Crippen LogP contribution in [0.4, 0.5) is 14.5 Å². The number of likely N-dealkylation sites (tertiary alicyclic amines) is 1. The minimum absolute atomic E-state index is 0.0194. The monoisotopic (exact) mass is 610 g/mol. The summed E-state index contributed by atoms with van der Waals surface area (Å²) < 4.78 is 34.8. The predicted octanol–water partition coefficient (Wildman–Crippen LogP) is 3.91. The molecule has 0 unspecified atom stereocenters. The molecule has 0 bridgehead atoms. The highest BCUT2D eigenvalue weighted by Gasteiger charge is 2.41. The number of halogens is 2. The average Bonchev–Trinajstić information content (AvgIpc) is 3.01. The van der Waals surface area contributed by atoms with Crippen molar-refractivity contribution in [3.8, 4) is 5.75 Å². The van der Waals surface area contributed by atoms with E-state index in [0.29, 0.717) is 70.5 Å². The van der Waals surface area contributed by atoms with E-state index in [9.17, 15) is 23.2 Å². The molecule has 3 aliphatic rings. The lowest BCUT2D eigenvalue weighted by molar-refractivity contribution is -0.140. The molecular formula is C33H40F2N4O5. The van der Waals surface area contributed by atoms with Crippen LogP contribution in [0.15, 0.2) is 66.7 Å². The van der Waals surface area contributed by atoms with Gasteiger partial charge < -0.3 is 25.4 Å². The highest BCUT2D eigenvalue weighted by molar-refractivity contribution is 5.92. The molecule has 3 aliphatic heterocycles. The number of anilines is 1. The van der Waals surface area contributed by atoms with Gasteiger partial charge in [-0.2, -0.15) is 8.78 Å². The van der Waals surface area contributed by atoms with Crippen molar-refractivity contribution in [2.45, 2.75) is 57.2 Å². The molecule has 1 spiro atoms. The Bertz CT molecular complexity index is 1300. The van der Waals surface area contributed by atoms with E-state index in [4.69, 9.17) is 4.74 Å². The normalized spacial score (nSPS) is 24.4. The summed E-state index contributed by atoms with van der Waals surface area (Å²) in [5, 5.41) is 9.17. The van der Waals surface area contributed by atoms with E-state index >= 15 is 0 Å². The Morgan fingerprint density at radius 2 is 1.80 bits per heavy atom. The van der Waals surface area contributed by atoms with Crippen LogP contribution in [-0.4, -0.2) is 74.2 Å². The number of allylic oxidation sites excluding steroid dienone is 2. The van der Waals surface area contributed by atoms with Crippen LogP contribution in [0, 0.1) is 11.3 Å². The molecule has 3 N–H and O–H groups in total. The fourth-order valence-electron chi connectivity index (χ4n) is 6.32. The Labute approximate surface area is 256 Å². The van der Waals surface area contributed by atoms with Crippen molar-refractivity contribution in [2.75, 3.05) is 38.2 Å². The fourth-order valence-corrected chi connectivity index (χ4v) is 6.32. The number of alkyl halides is 2. The first-order valence-electron chi connectivity index (χ1n) is 15.2. The number of rotatable bonds is 7. The molecule has 0 radical (unpaired) electrons. The molecule has 5 rings (SSSR count). The Balaban J connectivity index is 1.27. The van der Waals surface area contributed by atoms with Gasteiger partial charge in [-0.05, 0) is 67.9 Å². The van der Waals surface area contributed by atoms with Gasteiger partial charge in [-0.25, -0.2) is 0 Å². The molecule has 3 heterocycles. The van der Waals surface area contributed by atoms with Crippen LogP contribution in [0.2, 0.25) is 0 Å². The van der Waals surface area contributed by atoms with Crippen LogP contribution in [-0.2, 0) is 25.5 Å². The molecule has 0 saturated carbocycles. The molecule has 2 aromatic rings. The highest BCUT2D eigenvalue weighted by Crippen LogP contribution is 2.36. The Hall–Kier alpha value is -3.83. The second-order valence-electron chi connectivity index (χ2n) is 11.9. The molecule has 3 atom stereocenters. The van der Waals surface area contributed by atoms with Gasteiger partial charge in [0.15, 0.2) is 0 Å². The van der Waals surface area contributed by atoms with Gasteiger partial charge in [0.1, 0.15) is 11.8 Å². The summed E-state index contributed by atoms with van der Waals surface area (Å²) in [5.41, 5.74) is 0.832. The second kappa shape index (κ2) is 14.8. The summed E-state index contributed by atoms with van der Waals surface area (Å²) in [6.07, 6.45) is 7.71. The largest absolute Gasteiger partial charge is 0.435 e. The predicted molar refractivity (Wildman–Crippen MR) is 161 cm³/mol. The van der Waals surface area contributed by atoms with E-state index < -0.39 is 18.1 Å². The van der Waals surface area contributed by atoms with Crippen molar-refractivity contribution in [1.29, 1.82) is 0 Å². The summed E-state index contributed by atoms with van der Waals surface area (Å²) in [4.78, 5) is 42.4. The minimum Gasteiger partial charge on any atom is -0.435 e. The molecule has 44 heavy (non-hydrogen) atoms. The van der Waals surface area contributed by atoms with Crippen molar-refractivity contribution in [3.63, 3.8) is 0 Å². The molecule has 236 valence electrons. The third kappa shape index (κ3) is 8.41. The highest BCUT2D eigenvalue weighted by atomic mass is 19.3. The molecule has 2 aromatic carbocycles. The standard InChI is InChI=1S/C33H40F2N4O5/c34-32(35)44-26-11-9-25(10-12-26)36-29(40)22-39-17-13-27-24(21-39)8-4-5-14-33(15-18-43-19-16-33)31(42)38-28(30(41)37-27)20-23-6-2-1-3-7-23/h1-7,9-12,24,27-28,32H,8,13-22H2,(H,36,40)(H,37,41)(H,38,42)/t24-,27+,28+/m0/s1. The van der Waals surface area contributed by atoms with Gasteiger partial charge in [-0.15, -0.1) is 0 Å². The maximum absolute atomic E-state index is 13.8. The summed E-state index contributed by atoms with van der Waals surface area (Å²) in [6.45, 7) is -0.522. The summed E-state index contributed by atoms with van der Waals surface area (Å²) >= 11 is 0. The Morgan fingerprint density at radius 1 is 1.05 bits per heavy atom. The number of amides is 3. The summed E-state index contributed by atoms with van der Waals surface area (Å²) in [6, 6.07) is 14.7. The van der Waals surface area contributed by atoms with Crippen LogP contribution in [0.1, 0.15) is 37.7 Å². The first-order valence-corrected chi connectivity index (χ1v) is 15.2. The number of nitrogens with one attached hydrogen (secondary N) is 3. The zero-order chi connectivity index (χ0) is 30.9. The molecule has 9 nitrogen and oxygen atoms in total. The number of ether oxygens (including phenoxy) is 2. The van der Waals surface area contributed by atoms with Crippen molar-refractivity contribution in [1.82, 2.24) is 15.5 Å². The van der Waals surface area contributed by atoms with Crippen molar-refractivity contribution < 1.29 is 32.6 Å². The number of nitrogens with zero attached hydrogens (tertiary/aromatic N) is 1. The van der Waals surface area contributed by atoms with Gasteiger partial charge in [0, 0.05) is 44.5 Å². The minimum atomic E-state index is -2.91. The first kappa shape index (κ1) is 31.6. The number of fused-ring (bicyclic) bond motifs is 1. The maximum Gasteiger partial charge on any atom is 0.387 e. The van der Waals surface area contributed by atoms with E-state index in [-0.39, 0.29) is 42.0 Å². The van der Waals surface area contributed by atoms with Crippen LogP contribution in [0.25, 0.3) is 0 Å². The number of carbonyl (C=O) groups is 3. The number of hydrogen-bond acceptors (Lipinski definition) is 6. The first-order chi connectivity index (χ1) is 21.3. The van der Waals surface area contributed by atoms with Crippen molar-refractivity contribution in [2.24, 2.45) is 11.3 Å². The maximum atomic E-state index is 13.8. The van der Waals surface area contributed by atoms with Crippen molar-refractivity contribution >= 4 is 23.4 Å². The van der Waals surface area contributed by atoms with Gasteiger partial charge in [0.05, 0.1) is 12.0 Å². The lowest BCUT2D eigenvalue weighted by Gasteiger charge is -2.40. The van der Waals surface area contributed by atoms with Crippen LogP contribution < -0.4 is 20.7 Å². The Morgan fingerprint density at radius 3 is 2.52 bits per heavy atom. The Kier molecular flexibility index (Phi) is 10.6. The van der Waals surface area contributed by atoms with E-state index in [0.717, 1.165) is 5.56 Å². The number of benzene rings is 2. The lowest BCUT2D eigenvalue weighted by atomic mass is 9.75. The lowest BCUT2D eigenvalue weighted by Crippen LogP contribution is -2.58. The van der Waals surface area contributed by atoms with Gasteiger partial charge in [-0.3, -0.25) is 19.3 Å². The molecule has 0 aromatic heterocycles. The molecule has 11 heteroatoms. The van der Waals surface area contributed by atoms with E-state index in [1.165, 1.54) is 24.3 Å². The number of piperidine rings is 1. The van der Waals surface area contributed by atoms with E-state index in [2.05, 4.69) is 37.7 Å². The molecule has 0 aliphatic carbocycles. The van der Waals surface area contributed by atoms with Crippen LogP contribution >= 0.6 is 0 Å². The third-order valence-electron chi connectivity index (χ3n) is 8.83. The summed E-state index contributed by atoms with van der Waals surface area (Å²) in [5.74, 6) is -0.428. The van der Waals surface area contributed by atoms with Crippen LogP contribution in [0.3, 0.4) is 0 Å². The van der Waals surface area contributed by atoms with E-state index in [1.807, 2.05) is 30.3 Å². The van der Waals surface area contributed by atoms with Crippen molar-refractivity contribution in [3.05, 3.63) is 72.3 Å². The van der Waals surface area contributed by atoms with E-state index in [1.54, 1.807) is 0 Å². The molecule has 2 fully saturated rings. The van der Waals surface area contributed by atoms with Gasteiger partial charge in [-0.1, -0.05) is 42.5 Å². The van der Waals surface area contributed by atoms with Gasteiger partial charge in [0.2, 0.25) is 17.7 Å². The quantitative estimate of drug-likeness (QED) is 0.411. The third-order valence-corrected chi connectivity index (χ3v) is 8.83. The number of carbonyl (C=O) groups excluding carboxylic acids is 3. The van der Waals surface area contributed by atoms with Gasteiger partial charge in [0.25, 0.3) is 0 Å². The van der Waals surface area contributed by atoms with Gasteiger partial charge >= 0.3 is 6.61 Å². The number of hydrogen-bond donors (Lipinski definition) is 3. The zero-order valence-corrected chi connectivity index (χ0v) is 24.7. The summed E-state index contributed by atoms with van der Waals surface area (Å²) in [7, 11) is 0. The zero-order valence-electron chi connectivity index (χ0n) is 24.7. The second-order valence-corrected chi connectivity index (χ2v) is 11.9. The fraction of sp³-hybridized carbons (Fsp3) is 0.485.